The molecule has 0 bridgehead atoms. The Morgan fingerprint density at radius 3 is 2.67 bits per heavy atom. The number of ether oxygens (including phenoxy) is 1. The Bertz CT molecular complexity index is 905. The molecule has 1 heterocycles. The lowest BCUT2D eigenvalue weighted by Crippen LogP contribution is -2.18. The number of hydrogen-bond donors (Lipinski definition) is 1. The number of fused-ring (bicyclic) bond motifs is 1. The first-order valence-corrected chi connectivity index (χ1v) is 7.72. The lowest BCUT2D eigenvalue weighted by atomic mass is 10.2. The predicted octanol–water partition coefficient (Wildman–Crippen LogP) is 3.55. The normalized spacial score (nSPS) is 10.3. The van der Waals surface area contributed by atoms with Gasteiger partial charge in [-0.05, 0) is 37.3 Å². The minimum Gasteiger partial charge on any atom is -0.494 e. The second kappa shape index (κ2) is 6.88. The molecule has 2 aromatic carbocycles. The minimum atomic E-state index is -0.149. The number of carbonyl (C=O) groups excluding carboxylic acids is 1. The minimum absolute atomic E-state index is 0.148. The molecule has 120 valence electrons. The first kappa shape index (κ1) is 15.6. The molecule has 1 aromatic heterocycles. The van der Waals surface area contributed by atoms with Gasteiger partial charge in [-0.15, -0.1) is 0 Å². The van der Waals surface area contributed by atoms with Gasteiger partial charge in [0.05, 0.1) is 12.2 Å². The van der Waals surface area contributed by atoms with Crippen molar-refractivity contribution in [1.82, 2.24) is 4.57 Å². The van der Waals surface area contributed by atoms with Crippen molar-refractivity contribution in [3.05, 3.63) is 60.3 Å². The molecule has 5 nitrogen and oxygen atoms in total. The van der Waals surface area contributed by atoms with E-state index in [0.29, 0.717) is 17.9 Å². The smallest absolute Gasteiger partial charge is 0.244 e. The number of para-hydroxylation sites is 1. The van der Waals surface area contributed by atoms with E-state index in [1.165, 1.54) is 0 Å². The van der Waals surface area contributed by atoms with E-state index in [4.69, 9.17) is 4.74 Å². The highest BCUT2D eigenvalue weighted by atomic mass is 16.5. The van der Waals surface area contributed by atoms with Gasteiger partial charge in [0.15, 0.2) is 0 Å². The van der Waals surface area contributed by atoms with Gasteiger partial charge in [-0.2, -0.15) is 5.26 Å². The summed E-state index contributed by atoms with van der Waals surface area (Å²) in [7, 11) is 0. The SMILES string of the molecule is CCOc1ccc(NC(=O)Cn2cc(C#N)c3ccccc32)cc1. The molecule has 0 radical (unpaired) electrons. The molecule has 0 spiro atoms. The van der Waals surface area contributed by atoms with Crippen molar-refractivity contribution in [3.8, 4) is 11.8 Å². The average Bonchev–Trinajstić information content (AvgIpc) is 2.95. The summed E-state index contributed by atoms with van der Waals surface area (Å²) in [5.41, 5.74) is 2.15. The molecule has 3 aromatic rings. The summed E-state index contributed by atoms with van der Waals surface area (Å²) in [6, 6.07) is 17.0. The number of benzene rings is 2. The summed E-state index contributed by atoms with van der Waals surface area (Å²) >= 11 is 0. The van der Waals surface area contributed by atoms with E-state index in [0.717, 1.165) is 16.7 Å². The number of nitrogens with zero attached hydrogens (tertiary/aromatic N) is 2. The maximum atomic E-state index is 12.3. The van der Waals surface area contributed by atoms with E-state index in [9.17, 15) is 10.1 Å². The van der Waals surface area contributed by atoms with Crippen LogP contribution in [0.1, 0.15) is 12.5 Å². The zero-order valence-corrected chi connectivity index (χ0v) is 13.3. The zero-order chi connectivity index (χ0) is 16.9. The molecule has 1 N–H and O–H groups in total. The number of amides is 1. The highest BCUT2D eigenvalue weighted by Crippen LogP contribution is 2.21. The van der Waals surface area contributed by atoms with Crippen LogP contribution in [0.3, 0.4) is 0 Å². The van der Waals surface area contributed by atoms with Crippen molar-refractivity contribution in [2.45, 2.75) is 13.5 Å². The number of hydrogen-bond acceptors (Lipinski definition) is 3. The van der Waals surface area contributed by atoms with Gasteiger partial charge in [-0.25, -0.2) is 0 Å². The standard InChI is InChI=1S/C19H17N3O2/c1-2-24-16-9-7-15(8-10-16)21-19(23)13-22-12-14(11-20)17-5-3-4-6-18(17)22/h3-10,12H,2,13H2,1H3,(H,21,23). The van der Waals surface area contributed by atoms with Crippen LogP contribution in [-0.2, 0) is 11.3 Å². The van der Waals surface area contributed by atoms with E-state index in [2.05, 4.69) is 11.4 Å². The fourth-order valence-electron chi connectivity index (χ4n) is 2.62. The van der Waals surface area contributed by atoms with Gasteiger partial charge in [0.25, 0.3) is 0 Å². The monoisotopic (exact) mass is 319 g/mol. The second-order valence-corrected chi connectivity index (χ2v) is 5.31. The summed E-state index contributed by atoms with van der Waals surface area (Å²) in [4.78, 5) is 12.3. The predicted molar refractivity (Wildman–Crippen MR) is 92.9 cm³/mol. The maximum Gasteiger partial charge on any atom is 0.244 e. The van der Waals surface area contributed by atoms with Crippen molar-refractivity contribution in [2.75, 3.05) is 11.9 Å². The van der Waals surface area contributed by atoms with Crippen LogP contribution in [0.5, 0.6) is 5.75 Å². The summed E-state index contributed by atoms with van der Waals surface area (Å²) in [5, 5.41) is 12.9. The van der Waals surface area contributed by atoms with Crippen LogP contribution in [0.15, 0.2) is 54.7 Å². The van der Waals surface area contributed by atoms with Crippen LogP contribution in [0.2, 0.25) is 0 Å². The van der Waals surface area contributed by atoms with E-state index < -0.39 is 0 Å². The molecule has 5 heteroatoms. The maximum absolute atomic E-state index is 12.3. The summed E-state index contributed by atoms with van der Waals surface area (Å²) in [6.07, 6.45) is 1.71. The molecular formula is C19H17N3O2. The van der Waals surface area contributed by atoms with Gasteiger partial charge in [0.2, 0.25) is 5.91 Å². The number of nitrogens with one attached hydrogen (secondary N) is 1. The summed E-state index contributed by atoms with van der Waals surface area (Å²) < 4.78 is 7.17. The molecule has 0 unspecified atom stereocenters. The van der Waals surface area contributed by atoms with E-state index >= 15 is 0 Å². The fourth-order valence-corrected chi connectivity index (χ4v) is 2.62. The van der Waals surface area contributed by atoms with Crippen LogP contribution >= 0.6 is 0 Å². The van der Waals surface area contributed by atoms with Crippen molar-refractivity contribution in [2.24, 2.45) is 0 Å². The highest BCUT2D eigenvalue weighted by molar-refractivity contribution is 5.93. The van der Waals surface area contributed by atoms with Crippen LogP contribution < -0.4 is 10.1 Å². The van der Waals surface area contributed by atoms with Crippen molar-refractivity contribution < 1.29 is 9.53 Å². The largest absolute Gasteiger partial charge is 0.494 e. The lowest BCUT2D eigenvalue weighted by Gasteiger charge is -2.08. The van der Waals surface area contributed by atoms with Gasteiger partial charge in [-0.1, -0.05) is 18.2 Å². The number of anilines is 1. The molecule has 0 aliphatic rings. The second-order valence-electron chi connectivity index (χ2n) is 5.31. The number of aromatic nitrogens is 1. The fraction of sp³-hybridized carbons (Fsp3) is 0.158. The topological polar surface area (TPSA) is 67.0 Å². The molecule has 0 fully saturated rings. The highest BCUT2D eigenvalue weighted by Gasteiger charge is 2.10. The molecule has 24 heavy (non-hydrogen) atoms. The Kier molecular flexibility index (Phi) is 4.48. The third-order valence-electron chi connectivity index (χ3n) is 3.67. The third-order valence-corrected chi connectivity index (χ3v) is 3.67. The quantitative estimate of drug-likeness (QED) is 0.782. The Balaban J connectivity index is 1.74. The van der Waals surface area contributed by atoms with Crippen LogP contribution in [0, 0.1) is 11.3 Å². The number of rotatable bonds is 5. The Morgan fingerprint density at radius 1 is 1.21 bits per heavy atom. The Labute approximate surface area is 140 Å². The third kappa shape index (κ3) is 3.23. The van der Waals surface area contributed by atoms with Gasteiger partial charge < -0.3 is 14.6 Å². The molecule has 0 atom stereocenters. The molecule has 0 aliphatic carbocycles. The average molecular weight is 319 g/mol. The van der Waals surface area contributed by atoms with E-state index in [1.54, 1.807) is 22.9 Å². The Hall–Kier alpha value is -3.26. The molecule has 0 saturated heterocycles. The van der Waals surface area contributed by atoms with Crippen molar-refractivity contribution in [3.63, 3.8) is 0 Å². The van der Waals surface area contributed by atoms with Gasteiger partial charge in [-0.3, -0.25) is 4.79 Å². The molecule has 0 saturated carbocycles. The number of nitriles is 1. The van der Waals surface area contributed by atoms with Crippen LogP contribution in [0.4, 0.5) is 5.69 Å². The van der Waals surface area contributed by atoms with Crippen molar-refractivity contribution >= 4 is 22.5 Å². The van der Waals surface area contributed by atoms with E-state index in [1.807, 2.05) is 43.3 Å². The lowest BCUT2D eigenvalue weighted by molar-refractivity contribution is -0.116. The van der Waals surface area contributed by atoms with Gasteiger partial charge in [0, 0.05) is 22.8 Å². The first-order valence-electron chi connectivity index (χ1n) is 7.72. The molecule has 0 aliphatic heterocycles. The molecule has 1 amide bonds. The number of carbonyl (C=O) groups is 1. The van der Waals surface area contributed by atoms with Crippen LogP contribution in [0.25, 0.3) is 10.9 Å². The molecular weight excluding hydrogens is 302 g/mol. The van der Waals surface area contributed by atoms with Gasteiger partial charge in [0.1, 0.15) is 18.4 Å². The molecule has 3 rings (SSSR count). The van der Waals surface area contributed by atoms with Crippen molar-refractivity contribution in [1.29, 1.82) is 5.26 Å². The van der Waals surface area contributed by atoms with Gasteiger partial charge >= 0.3 is 0 Å². The summed E-state index contributed by atoms with van der Waals surface area (Å²) in [6.45, 7) is 2.68. The summed E-state index contributed by atoms with van der Waals surface area (Å²) in [5.74, 6) is 0.620. The first-order chi connectivity index (χ1) is 11.7. The van der Waals surface area contributed by atoms with E-state index in [-0.39, 0.29) is 12.5 Å². The van der Waals surface area contributed by atoms with Crippen LogP contribution in [-0.4, -0.2) is 17.1 Å². The Morgan fingerprint density at radius 2 is 1.96 bits per heavy atom. The zero-order valence-electron chi connectivity index (χ0n) is 13.3.